The van der Waals surface area contributed by atoms with Crippen molar-refractivity contribution in [2.24, 2.45) is 0 Å². The van der Waals surface area contributed by atoms with Crippen LogP contribution in [0.25, 0.3) is 0 Å². The fraction of sp³-hybridized carbons (Fsp3) is 0.222. The Hall–Kier alpha value is -1.72. The maximum atomic E-state index is 12.6. The van der Waals surface area contributed by atoms with Crippen LogP contribution in [0.1, 0.15) is 5.56 Å². The first-order chi connectivity index (χ1) is 13.0. The van der Waals surface area contributed by atoms with E-state index in [1.807, 2.05) is 0 Å². The summed E-state index contributed by atoms with van der Waals surface area (Å²) in [5.41, 5.74) is -7.46. The molecule has 0 atom stereocenters. The van der Waals surface area contributed by atoms with Crippen molar-refractivity contribution < 1.29 is 71.4 Å². The Morgan fingerprint density at radius 1 is 1.03 bits per heavy atom. The van der Waals surface area contributed by atoms with Crippen LogP contribution >= 0.6 is 7.82 Å². The molecule has 0 unspecified atom stereocenters. The van der Waals surface area contributed by atoms with Gasteiger partial charge in [-0.2, -0.15) is 40.0 Å². The molecule has 0 bridgehead atoms. The van der Waals surface area contributed by atoms with Crippen LogP contribution in [0.4, 0.5) is 26.3 Å². The number of sulfone groups is 1. The average molecular weight is 527 g/mol. The summed E-state index contributed by atoms with van der Waals surface area (Å²) in [4.78, 5) is 18.1. The van der Waals surface area contributed by atoms with Crippen LogP contribution in [0.2, 0.25) is 0 Å². The highest BCUT2D eigenvalue weighted by Gasteiger charge is 2.49. The van der Waals surface area contributed by atoms with Crippen molar-refractivity contribution >= 4 is 37.5 Å². The van der Waals surface area contributed by atoms with E-state index in [4.69, 9.17) is 29.1 Å². The number of phosphoric acid groups is 1. The Labute approximate surface area is 165 Å². The molecule has 0 radical (unpaired) electrons. The maximum absolute atomic E-state index is 12.6. The SMILES string of the molecule is N#Cc1c(O[SiH2]C(F)(F)F)cc(S(=O)(=O)O)cc1S(=O)(=O)C(F)(F)F.O=P(O)(O)O. The summed E-state index contributed by atoms with van der Waals surface area (Å²) in [5.74, 6) is -6.26. The Kier molecular flexibility index (Phi) is 8.66. The van der Waals surface area contributed by atoms with E-state index in [2.05, 4.69) is 4.43 Å². The van der Waals surface area contributed by atoms with E-state index in [0.717, 1.165) is 6.07 Å². The highest BCUT2D eigenvalue weighted by molar-refractivity contribution is 7.92. The Morgan fingerprint density at radius 2 is 1.47 bits per heavy atom. The molecule has 11 nitrogen and oxygen atoms in total. The zero-order chi connectivity index (χ0) is 24.3. The normalized spacial score (nSPS) is 13.5. The number of alkyl halides is 6. The number of nitriles is 1. The standard InChI is InChI=1S/C9H5F6NO6S2Si.H3O4P/c10-8(11,12)23(17,18)7-2-4(24(19,20)21)1-6(5(7)3-16)22-25-9(13,14)15;1-5(2,3)4/h1-2H,25H2,(H,19,20,21);(H3,1,2,3,4). The topological polar surface area (TPSA) is 199 Å². The lowest BCUT2D eigenvalue weighted by molar-refractivity contribution is -0.0548. The van der Waals surface area contributed by atoms with Gasteiger partial charge in [0.15, 0.2) is 0 Å². The molecule has 0 spiro atoms. The summed E-state index contributed by atoms with van der Waals surface area (Å²) < 4.78 is 141. The first kappa shape index (κ1) is 28.3. The second kappa shape index (κ2) is 9.19. The van der Waals surface area contributed by atoms with E-state index >= 15 is 0 Å². The quantitative estimate of drug-likeness (QED) is 0.180. The fourth-order valence-corrected chi connectivity index (χ4v) is 3.53. The maximum Gasteiger partial charge on any atom is 0.501 e. The average Bonchev–Trinajstić information content (AvgIpc) is 2.47. The molecular formula is C9H8F6NO10PS2Si. The molecule has 0 aromatic heterocycles. The molecule has 0 amide bonds. The van der Waals surface area contributed by atoms with Gasteiger partial charge in [0.05, 0.1) is 9.79 Å². The zero-order valence-electron chi connectivity index (χ0n) is 13.6. The van der Waals surface area contributed by atoms with E-state index < -0.39 is 70.0 Å². The third-order valence-electron chi connectivity index (χ3n) is 2.43. The van der Waals surface area contributed by atoms with Gasteiger partial charge in [-0.05, 0) is 6.07 Å². The summed E-state index contributed by atoms with van der Waals surface area (Å²) in [5, 5.41) is 8.81. The number of nitrogens with zero attached hydrogens (tertiary/aromatic N) is 1. The molecule has 1 aromatic carbocycles. The highest BCUT2D eigenvalue weighted by atomic mass is 32.2. The summed E-state index contributed by atoms with van der Waals surface area (Å²) in [6.07, 6.45) is 0. The molecular weight excluding hydrogens is 519 g/mol. The third-order valence-corrected chi connectivity index (χ3v) is 5.56. The van der Waals surface area contributed by atoms with Gasteiger partial charge >= 0.3 is 28.9 Å². The molecule has 0 aliphatic carbocycles. The van der Waals surface area contributed by atoms with Crippen molar-refractivity contribution in [3.05, 3.63) is 17.7 Å². The predicted molar refractivity (Wildman–Crippen MR) is 83.7 cm³/mol. The van der Waals surface area contributed by atoms with Gasteiger partial charge in [-0.3, -0.25) is 4.55 Å². The second-order valence-electron chi connectivity index (χ2n) is 4.75. The molecule has 0 heterocycles. The molecule has 30 heavy (non-hydrogen) atoms. The number of halogens is 6. The van der Waals surface area contributed by atoms with Crippen LogP contribution in [-0.2, 0) is 24.5 Å². The van der Waals surface area contributed by atoms with Gasteiger partial charge in [0.2, 0.25) is 0 Å². The minimum absolute atomic E-state index is 0.127. The van der Waals surface area contributed by atoms with Gasteiger partial charge < -0.3 is 19.1 Å². The lowest BCUT2D eigenvalue weighted by Crippen LogP contribution is -2.26. The minimum Gasteiger partial charge on any atom is -0.538 e. The summed E-state index contributed by atoms with van der Waals surface area (Å²) >= 11 is 0. The molecule has 0 saturated carbocycles. The molecule has 1 rings (SSSR count). The number of benzene rings is 1. The lowest BCUT2D eigenvalue weighted by Gasteiger charge is -2.15. The number of rotatable bonds is 4. The van der Waals surface area contributed by atoms with Gasteiger partial charge in [-0.15, -0.1) is 0 Å². The molecule has 0 fully saturated rings. The molecule has 1 aromatic rings. The first-order valence-corrected chi connectivity index (χ1v) is 12.1. The van der Waals surface area contributed by atoms with Crippen molar-refractivity contribution in [2.75, 3.05) is 0 Å². The first-order valence-electron chi connectivity index (χ1n) is 6.35. The van der Waals surface area contributed by atoms with Crippen LogP contribution in [0.3, 0.4) is 0 Å². The van der Waals surface area contributed by atoms with Gasteiger partial charge in [0.1, 0.15) is 17.4 Å². The van der Waals surface area contributed by atoms with Gasteiger partial charge in [0, 0.05) is 6.07 Å². The Morgan fingerprint density at radius 3 is 1.77 bits per heavy atom. The van der Waals surface area contributed by atoms with E-state index in [1.54, 1.807) is 0 Å². The summed E-state index contributed by atoms with van der Waals surface area (Å²) in [6, 6.07) is 0.863. The largest absolute Gasteiger partial charge is 0.538 e. The van der Waals surface area contributed by atoms with Gasteiger partial charge in [-0.1, -0.05) is 0 Å². The molecule has 172 valence electrons. The fourth-order valence-electron chi connectivity index (χ4n) is 1.44. The van der Waals surface area contributed by atoms with E-state index in [-0.39, 0.29) is 12.1 Å². The van der Waals surface area contributed by atoms with Crippen LogP contribution in [0.5, 0.6) is 5.75 Å². The highest BCUT2D eigenvalue weighted by Crippen LogP contribution is 2.37. The van der Waals surface area contributed by atoms with Crippen molar-refractivity contribution in [1.29, 1.82) is 5.26 Å². The molecule has 0 saturated heterocycles. The predicted octanol–water partition coefficient (Wildman–Crippen LogP) is 0.152. The molecule has 0 aliphatic rings. The minimum atomic E-state index is -6.32. The van der Waals surface area contributed by atoms with Crippen molar-refractivity contribution in [3.63, 3.8) is 0 Å². The number of hydrogen-bond donors (Lipinski definition) is 4. The second-order valence-corrected chi connectivity index (χ2v) is 10.5. The number of hydrogen-bond acceptors (Lipinski definition) is 7. The van der Waals surface area contributed by atoms with Crippen LogP contribution in [0.15, 0.2) is 21.9 Å². The van der Waals surface area contributed by atoms with Crippen molar-refractivity contribution in [1.82, 2.24) is 0 Å². The Balaban J connectivity index is 0.00000150. The molecule has 4 N–H and O–H groups in total. The Bertz CT molecular complexity index is 1080. The van der Waals surface area contributed by atoms with Crippen LogP contribution in [0, 0.1) is 11.3 Å². The zero-order valence-corrected chi connectivity index (χ0v) is 17.5. The van der Waals surface area contributed by atoms with E-state index in [1.165, 1.54) is 0 Å². The van der Waals surface area contributed by atoms with Crippen molar-refractivity contribution in [2.45, 2.75) is 21.1 Å². The molecule has 21 heteroatoms. The third kappa shape index (κ3) is 8.96. The van der Waals surface area contributed by atoms with Gasteiger partial charge in [-0.25, -0.2) is 13.0 Å². The van der Waals surface area contributed by atoms with Crippen LogP contribution in [-0.4, -0.2) is 57.1 Å². The van der Waals surface area contributed by atoms with Gasteiger partial charge in [0.25, 0.3) is 20.0 Å². The van der Waals surface area contributed by atoms with Crippen molar-refractivity contribution in [3.8, 4) is 11.8 Å². The smallest absolute Gasteiger partial charge is 0.501 e. The summed E-state index contributed by atoms with van der Waals surface area (Å²) in [6.45, 7) is 0. The lowest BCUT2D eigenvalue weighted by atomic mass is 10.2. The van der Waals surface area contributed by atoms with E-state index in [9.17, 15) is 43.2 Å². The summed E-state index contributed by atoms with van der Waals surface area (Å²) in [7, 11) is -19.8. The van der Waals surface area contributed by atoms with Crippen LogP contribution < -0.4 is 4.43 Å². The molecule has 0 aliphatic heterocycles. The monoisotopic (exact) mass is 527 g/mol. The van der Waals surface area contributed by atoms with E-state index in [0.29, 0.717) is 0 Å².